The second-order valence-corrected chi connectivity index (χ2v) is 11.0. The number of aryl methyl sites for hydroxylation is 2. The van der Waals surface area contributed by atoms with Crippen LogP contribution in [0, 0.1) is 0 Å². The normalized spacial score (nSPS) is 19.0. The summed E-state index contributed by atoms with van der Waals surface area (Å²) in [7, 11) is 0. The van der Waals surface area contributed by atoms with Crippen molar-refractivity contribution in [2.45, 2.75) is 116 Å². The maximum atomic E-state index is 12.8. The zero-order chi connectivity index (χ0) is 28.4. The van der Waals surface area contributed by atoms with Crippen molar-refractivity contribution in [3.63, 3.8) is 0 Å². The molecule has 0 atom stereocenters. The van der Waals surface area contributed by atoms with Crippen molar-refractivity contribution in [2.75, 3.05) is 26.2 Å². The Morgan fingerprint density at radius 2 is 0.750 bits per heavy atom. The predicted molar refractivity (Wildman–Crippen MR) is 160 cm³/mol. The van der Waals surface area contributed by atoms with Gasteiger partial charge >= 0.3 is 11.4 Å². The van der Waals surface area contributed by atoms with Crippen LogP contribution in [-0.4, -0.2) is 44.4 Å². The molecule has 0 spiro atoms. The molecule has 0 aromatic carbocycles. The van der Waals surface area contributed by atoms with Gasteiger partial charge < -0.3 is 19.8 Å². The van der Waals surface area contributed by atoms with Crippen LogP contribution in [0.2, 0.25) is 0 Å². The second-order valence-electron chi connectivity index (χ2n) is 11.0. The van der Waals surface area contributed by atoms with Crippen molar-refractivity contribution in [3.8, 4) is 0 Å². The summed E-state index contributed by atoms with van der Waals surface area (Å²) >= 11 is 0. The number of nitrogens with one attached hydrogen (secondary N) is 2. The maximum Gasteiger partial charge on any atom is 0.330 e. The van der Waals surface area contributed by atoms with Gasteiger partial charge in [-0.3, -0.25) is 18.7 Å². The molecule has 0 amide bonds. The summed E-state index contributed by atoms with van der Waals surface area (Å²) in [4.78, 5) is 50.1. The smallest absolute Gasteiger partial charge is 0.317 e. The number of hydrogen-bond donors (Lipinski definition) is 2. The average Bonchev–Trinajstić information content (AvgIpc) is 2.94. The molecule has 0 aliphatic carbocycles. The zero-order valence-corrected chi connectivity index (χ0v) is 24.3. The first-order valence-corrected chi connectivity index (χ1v) is 15.6. The van der Waals surface area contributed by atoms with Gasteiger partial charge in [0.25, 0.3) is 11.1 Å². The number of rotatable bonds is 0. The molecule has 0 fully saturated rings. The van der Waals surface area contributed by atoms with Gasteiger partial charge in [-0.25, -0.2) is 9.59 Å². The van der Waals surface area contributed by atoms with Crippen LogP contribution in [-0.2, 0) is 26.2 Å². The highest BCUT2D eigenvalue weighted by atomic mass is 16.2. The van der Waals surface area contributed by atoms with Gasteiger partial charge in [-0.1, -0.05) is 38.5 Å². The molecule has 10 nitrogen and oxygen atoms in total. The second kappa shape index (κ2) is 18.6. The summed E-state index contributed by atoms with van der Waals surface area (Å²) in [6.07, 6.45) is 17.2. The highest BCUT2D eigenvalue weighted by Crippen LogP contribution is 2.03. The molecule has 0 saturated heterocycles. The van der Waals surface area contributed by atoms with Gasteiger partial charge in [0.05, 0.1) is 0 Å². The molecule has 0 radical (unpaired) electrons. The molecular formula is C30H50N6O4. The summed E-state index contributed by atoms with van der Waals surface area (Å²) < 4.78 is 6.14. The summed E-state index contributed by atoms with van der Waals surface area (Å²) in [5, 5.41) is 6.97. The third kappa shape index (κ3) is 11.0. The Balaban J connectivity index is 1.48. The van der Waals surface area contributed by atoms with Crippen molar-refractivity contribution in [1.82, 2.24) is 28.9 Å². The van der Waals surface area contributed by atoms with Crippen molar-refractivity contribution >= 4 is 0 Å². The zero-order valence-electron chi connectivity index (χ0n) is 24.3. The molecule has 3 rings (SSSR count). The lowest BCUT2D eigenvalue weighted by Crippen LogP contribution is -2.39. The van der Waals surface area contributed by atoms with Crippen LogP contribution in [0.3, 0.4) is 0 Å². The molecule has 1 aliphatic heterocycles. The molecule has 3 heterocycles. The average molecular weight is 559 g/mol. The number of fused-ring (bicyclic) bond motifs is 4. The molecular weight excluding hydrogens is 508 g/mol. The van der Waals surface area contributed by atoms with Gasteiger partial charge in [-0.2, -0.15) is 0 Å². The van der Waals surface area contributed by atoms with Crippen LogP contribution in [0.4, 0.5) is 0 Å². The fraction of sp³-hybridized carbons (Fsp3) is 0.733. The van der Waals surface area contributed by atoms with E-state index in [2.05, 4.69) is 10.6 Å². The molecule has 2 aromatic rings. The molecule has 4 bridgehead atoms. The molecule has 0 saturated carbocycles. The Labute approximate surface area is 237 Å². The Kier molecular flexibility index (Phi) is 14.8. The number of hydrogen-bond acceptors (Lipinski definition) is 6. The van der Waals surface area contributed by atoms with E-state index in [0.717, 1.165) is 116 Å². The topological polar surface area (TPSA) is 112 Å². The fourth-order valence-electron chi connectivity index (χ4n) is 5.28. The fourth-order valence-corrected chi connectivity index (χ4v) is 5.28. The largest absolute Gasteiger partial charge is 0.330 e. The Bertz CT molecular complexity index is 1130. The lowest BCUT2D eigenvalue weighted by atomic mass is 10.2. The minimum Gasteiger partial charge on any atom is -0.317 e. The molecule has 2 N–H and O–H groups in total. The molecule has 0 unspecified atom stereocenters. The van der Waals surface area contributed by atoms with E-state index in [-0.39, 0.29) is 22.5 Å². The molecule has 224 valence electrons. The van der Waals surface area contributed by atoms with E-state index in [1.54, 1.807) is 21.5 Å². The Morgan fingerprint density at radius 3 is 1.15 bits per heavy atom. The first kappa shape index (κ1) is 31.8. The maximum absolute atomic E-state index is 12.8. The minimum atomic E-state index is -0.211. The highest BCUT2D eigenvalue weighted by Gasteiger charge is 2.07. The van der Waals surface area contributed by atoms with Crippen LogP contribution >= 0.6 is 0 Å². The van der Waals surface area contributed by atoms with E-state index in [9.17, 15) is 19.2 Å². The van der Waals surface area contributed by atoms with Crippen LogP contribution in [0.1, 0.15) is 89.9 Å². The SMILES string of the molecule is O=c1ccn2c(=O)n1CCCCCCNCCCCCn1c(=O)ccn(c1=O)CCCCCNCCCCCC2. The standard InChI is InChI=1S/C30H50N6O4/c37-27-15-25-33-21-11-3-1-7-17-31-19-9-5-12-22-34-26-16-28(38)36(30(34)40)24-14-6-10-20-32-18-8-2-4-13-23-35(27)29(33)39/h15-16,25-26,31-32H,1-14,17-24H2. The van der Waals surface area contributed by atoms with E-state index in [0.29, 0.717) is 26.2 Å². The van der Waals surface area contributed by atoms with E-state index < -0.39 is 0 Å². The van der Waals surface area contributed by atoms with E-state index in [1.807, 2.05) is 0 Å². The van der Waals surface area contributed by atoms with Crippen molar-refractivity contribution in [3.05, 3.63) is 66.2 Å². The summed E-state index contributed by atoms with van der Waals surface area (Å²) in [6.45, 7) is 6.04. The van der Waals surface area contributed by atoms with Crippen LogP contribution < -0.4 is 33.1 Å². The summed E-state index contributed by atoms with van der Waals surface area (Å²) in [5.74, 6) is 0. The lowest BCUT2D eigenvalue weighted by Gasteiger charge is -2.11. The van der Waals surface area contributed by atoms with Crippen molar-refractivity contribution < 1.29 is 0 Å². The van der Waals surface area contributed by atoms with Crippen LogP contribution in [0.5, 0.6) is 0 Å². The van der Waals surface area contributed by atoms with Gasteiger partial charge in [0.1, 0.15) is 0 Å². The number of aromatic nitrogens is 4. The lowest BCUT2D eigenvalue weighted by molar-refractivity contribution is 0.478. The molecule has 40 heavy (non-hydrogen) atoms. The third-order valence-corrected chi connectivity index (χ3v) is 7.76. The first-order valence-electron chi connectivity index (χ1n) is 15.6. The molecule has 1 aliphatic rings. The molecule has 2 aromatic heterocycles. The monoisotopic (exact) mass is 558 g/mol. The van der Waals surface area contributed by atoms with E-state index in [4.69, 9.17) is 0 Å². The van der Waals surface area contributed by atoms with Crippen LogP contribution in [0.15, 0.2) is 43.7 Å². The van der Waals surface area contributed by atoms with E-state index >= 15 is 0 Å². The van der Waals surface area contributed by atoms with Gasteiger partial charge in [0.15, 0.2) is 0 Å². The quantitative estimate of drug-likeness (QED) is 0.514. The van der Waals surface area contributed by atoms with Gasteiger partial charge in [0, 0.05) is 50.7 Å². The molecule has 10 heteroatoms. The summed E-state index contributed by atoms with van der Waals surface area (Å²) in [6, 6.07) is 3.03. The van der Waals surface area contributed by atoms with E-state index in [1.165, 1.54) is 21.3 Å². The Hall–Kier alpha value is -2.72. The van der Waals surface area contributed by atoms with Gasteiger partial charge in [-0.15, -0.1) is 0 Å². The Morgan fingerprint density at radius 1 is 0.425 bits per heavy atom. The minimum absolute atomic E-state index is 0.183. The van der Waals surface area contributed by atoms with Crippen molar-refractivity contribution in [2.24, 2.45) is 0 Å². The first-order chi connectivity index (χ1) is 19.6. The van der Waals surface area contributed by atoms with Gasteiger partial charge in [0.2, 0.25) is 0 Å². The number of nitrogens with zero attached hydrogens (tertiary/aromatic N) is 4. The summed E-state index contributed by atoms with van der Waals surface area (Å²) in [5.41, 5.74) is -0.789. The van der Waals surface area contributed by atoms with Crippen LogP contribution in [0.25, 0.3) is 0 Å². The highest BCUT2D eigenvalue weighted by molar-refractivity contribution is 4.87. The predicted octanol–water partition coefficient (Wildman–Crippen LogP) is 2.69. The van der Waals surface area contributed by atoms with Crippen molar-refractivity contribution in [1.29, 1.82) is 0 Å². The third-order valence-electron chi connectivity index (χ3n) is 7.76. The van der Waals surface area contributed by atoms with Gasteiger partial charge in [-0.05, 0) is 77.5 Å².